The third-order valence-electron chi connectivity index (χ3n) is 4.70. The van der Waals surface area contributed by atoms with Crippen molar-refractivity contribution in [1.29, 1.82) is 0 Å². The van der Waals surface area contributed by atoms with Crippen LogP contribution in [-0.4, -0.2) is 53.1 Å². The lowest BCUT2D eigenvalue weighted by atomic mass is 10.1. The fraction of sp³-hybridized carbons (Fsp3) is 0.381. The number of aliphatic hydroxyl groups is 1. The van der Waals surface area contributed by atoms with Gasteiger partial charge < -0.3 is 10.0 Å². The van der Waals surface area contributed by atoms with E-state index >= 15 is 0 Å². The van der Waals surface area contributed by atoms with Gasteiger partial charge in [-0.1, -0.05) is 42.5 Å². The van der Waals surface area contributed by atoms with Gasteiger partial charge in [0.1, 0.15) is 5.82 Å². The summed E-state index contributed by atoms with van der Waals surface area (Å²) in [4.78, 5) is 16.4. The summed E-state index contributed by atoms with van der Waals surface area (Å²) in [5.74, 6) is -0.272. The number of aryl methyl sites for hydroxylation is 1. The van der Waals surface area contributed by atoms with Gasteiger partial charge in [-0.2, -0.15) is 0 Å². The number of halogens is 1. The lowest BCUT2D eigenvalue weighted by Crippen LogP contribution is -2.37. The van der Waals surface area contributed by atoms with E-state index in [4.69, 9.17) is 0 Å². The van der Waals surface area contributed by atoms with E-state index in [0.29, 0.717) is 32.5 Å². The van der Waals surface area contributed by atoms with Crippen LogP contribution in [0.4, 0.5) is 4.39 Å². The van der Waals surface area contributed by atoms with Crippen LogP contribution < -0.4 is 0 Å². The average molecular weight is 356 g/mol. The molecule has 1 fully saturated rings. The number of aliphatic hydroxyl groups excluding tert-OH is 1. The Bertz CT molecular complexity index is 723. The largest absolute Gasteiger partial charge is 0.390 e. The Morgan fingerprint density at radius 1 is 1.04 bits per heavy atom. The second kappa shape index (κ2) is 8.92. The molecule has 3 rings (SSSR count). The van der Waals surface area contributed by atoms with Crippen LogP contribution in [-0.2, 0) is 17.8 Å². The highest BCUT2D eigenvalue weighted by molar-refractivity contribution is 5.76. The molecular formula is C21H25FN2O2. The normalized spacial score (nSPS) is 18.5. The number of amides is 1. The van der Waals surface area contributed by atoms with E-state index in [1.165, 1.54) is 17.7 Å². The Morgan fingerprint density at radius 2 is 1.81 bits per heavy atom. The minimum Gasteiger partial charge on any atom is -0.390 e. The molecule has 1 saturated heterocycles. The highest BCUT2D eigenvalue weighted by atomic mass is 19.1. The molecule has 138 valence electrons. The molecule has 0 aromatic heterocycles. The van der Waals surface area contributed by atoms with Gasteiger partial charge in [0.05, 0.1) is 6.10 Å². The van der Waals surface area contributed by atoms with Gasteiger partial charge in [-0.15, -0.1) is 0 Å². The monoisotopic (exact) mass is 356 g/mol. The van der Waals surface area contributed by atoms with Crippen LogP contribution in [0, 0.1) is 5.82 Å². The van der Waals surface area contributed by atoms with Gasteiger partial charge in [-0.05, 0) is 29.7 Å². The quantitative estimate of drug-likeness (QED) is 0.895. The number of carbonyl (C=O) groups is 1. The molecular weight excluding hydrogens is 331 g/mol. The topological polar surface area (TPSA) is 43.8 Å². The molecule has 1 atom stereocenters. The summed E-state index contributed by atoms with van der Waals surface area (Å²) in [6.07, 6.45) is 0.283. The van der Waals surface area contributed by atoms with Crippen molar-refractivity contribution in [2.75, 3.05) is 26.2 Å². The maximum Gasteiger partial charge on any atom is 0.223 e. The molecule has 1 N–H and O–H groups in total. The molecule has 0 saturated carbocycles. The average Bonchev–Trinajstić information content (AvgIpc) is 2.82. The van der Waals surface area contributed by atoms with Crippen molar-refractivity contribution in [3.8, 4) is 0 Å². The minimum absolute atomic E-state index is 0.00914. The van der Waals surface area contributed by atoms with Crippen molar-refractivity contribution >= 4 is 5.91 Å². The Hall–Kier alpha value is -2.24. The predicted molar refractivity (Wildman–Crippen MR) is 99.0 cm³/mol. The van der Waals surface area contributed by atoms with Crippen LogP contribution in [0.25, 0.3) is 0 Å². The molecule has 1 amide bonds. The van der Waals surface area contributed by atoms with Crippen molar-refractivity contribution in [3.05, 3.63) is 71.5 Å². The Balaban J connectivity index is 1.53. The molecule has 0 unspecified atom stereocenters. The number of rotatable bonds is 5. The molecule has 0 radical (unpaired) electrons. The van der Waals surface area contributed by atoms with Crippen molar-refractivity contribution in [3.63, 3.8) is 0 Å². The first-order valence-electron chi connectivity index (χ1n) is 9.07. The summed E-state index contributed by atoms with van der Waals surface area (Å²) in [7, 11) is 0. The molecule has 4 nitrogen and oxygen atoms in total. The fourth-order valence-corrected chi connectivity index (χ4v) is 3.37. The van der Waals surface area contributed by atoms with Crippen LogP contribution in [0.5, 0.6) is 0 Å². The lowest BCUT2D eigenvalue weighted by molar-refractivity contribution is -0.132. The highest BCUT2D eigenvalue weighted by Gasteiger charge is 2.24. The first-order valence-corrected chi connectivity index (χ1v) is 9.07. The Kier molecular flexibility index (Phi) is 6.36. The third kappa shape index (κ3) is 5.38. The lowest BCUT2D eigenvalue weighted by Gasteiger charge is -2.22. The molecule has 26 heavy (non-hydrogen) atoms. The molecule has 1 heterocycles. The first kappa shape index (κ1) is 18.5. The van der Waals surface area contributed by atoms with Crippen molar-refractivity contribution in [2.45, 2.75) is 25.5 Å². The fourth-order valence-electron chi connectivity index (χ4n) is 3.37. The van der Waals surface area contributed by atoms with Gasteiger partial charge >= 0.3 is 0 Å². The zero-order valence-corrected chi connectivity index (χ0v) is 14.9. The summed E-state index contributed by atoms with van der Waals surface area (Å²) < 4.78 is 13.2. The summed E-state index contributed by atoms with van der Waals surface area (Å²) in [5.41, 5.74) is 2.02. The van der Waals surface area contributed by atoms with Crippen molar-refractivity contribution in [2.24, 2.45) is 0 Å². The van der Waals surface area contributed by atoms with Crippen LogP contribution in [0.3, 0.4) is 0 Å². The summed E-state index contributed by atoms with van der Waals surface area (Å²) in [5, 5.41) is 10.3. The number of nitrogens with zero attached hydrogens (tertiary/aromatic N) is 2. The number of benzene rings is 2. The molecule has 2 aromatic carbocycles. The SMILES string of the molecule is O=C(CCc1cccc(F)c1)N1CCN(Cc2ccccc2)C[C@@H](O)C1. The molecule has 0 bridgehead atoms. The standard InChI is InChI=1S/C21H25FN2O2/c22-19-8-4-7-17(13-19)9-10-21(26)24-12-11-23(15-20(25)16-24)14-18-5-2-1-3-6-18/h1-8,13,20,25H,9-12,14-16H2/t20-/m1/s1. The van der Waals surface area contributed by atoms with Gasteiger partial charge in [0, 0.05) is 39.1 Å². The van der Waals surface area contributed by atoms with Crippen LogP contribution in [0.2, 0.25) is 0 Å². The molecule has 5 heteroatoms. The summed E-state index contributed by atoms with van der Waals surface area (Å²) in [6.45, 7) is 3.02. The van der Waals surface area contributed by atoms with Crippen molar-refractivity contribution < 1.29 is 14.3 Å². The predicted octanol–water partition coefficient (Wildman–Crippen LogP) is 2.46. The zero-order valence-electron chi connectivity index (χ0n) is 14.9. The number of hydrogen-bond donors (Lipinski definition) is 1. The van der Waals surface area contributed by atoms with Crippen molar-refractivity contribution in [1.82, 2.24) is 9.80 Å². The van der Waals surface area contributed by atoms with E-state index in [-0.39, 0.29) is 11.7 Å². The van der Waals surface area contributed by atoms with Gasteiger partial charge in [-0.3, -0.25) is 9.69 Å². The molecule has 0 aliphatic carbocycles. The maximum atomic E-state index is 13.2. The zero-order chi connectivity index (χ0) is 18.4. The second-order valence-electron chi connectivity index (χ2n) is 6.84. The van der Waals surface area contributed by atoms with Gasteiger partial charge in [0.2, 0.25) is 5.91 Å². The van der Waals surface area contributed by atoms with E-state index in [2.05, 4.69) is 17.0 Å². The van der Waals surface area contributed by atoms with Crippen LogP contribution in [0.1, 0.15) is 17.5 Å². The van der Waals surface area contributed by atoms with Crippen LogP contribution in [0.15, 0.2) is 54.6 Å². The van der Waals surface area contributed by atoms with E-state index in [0.717, 1.165) is 18.7 Å². The number of β-amino-alcohol motifs (C(OH)–C–C–N with tert-alkyl or cyclic N) is 1. The Morgan fingerprint density at radius 3 is 2.58 bits per heavy atom. The minimum atomic E-state index is -0.556. The first-order chi connectivity index (χ1) is 12.6. The van der Waals surface area contributed by atoms with E-state index in [9.17, 15) is 14.3 Å². The van der Waals surface area contributed by atoms with Gasteiger partial charge in [0.15, 0.2) is 0 Å². The molecule has 1 aliphatic rings. The van der Waals surface area contributed by atoms with Gasteiger partial charge in [0.25, 0.3) is 0 Å². The number of carbonyl (C=O) groups excluding carboxylic acids is 1. The Labute approximate surface area is 153 Å². The molecule has 1 aliphatic heterocycles. The smallest absolute Gasteiger partial charge is 0.223 e. The van der Waals surface area contributed by atoms with Crippen LogP contribution >= 0.6 is 0 Å². The highest BCUT2D eigenvalue weighted by Crippen LogP contribution is 2.12. The van der Waals surface area contributed by atoms with E-state index < -0.39 is 6.10 Å². The van der Waals surface area contributed by atoms with Gasteiger partial charge in [-0.25, -0.2) is 4.39 Å². The second-order valence-corrected chi connectivity index (χ2v) is 6.84. The third-order valence-corrected chi connectivity index (χ3v) is 4.70. The summed E-state index contributed by atoms with van der Waals surface area (Å²) in [6, 6.07) is 16.5. The maximum absolute atomic E-state index is 13.2. The van der Waals surface area contributed by atoms with E-state index in [1.54, 1.807) is 11.0 Å². The summed E-state index contributed by atoms with van der Waals surface area (Å²) >= 11 is 0. The molecule has 0 spiro atoms. The van der Waals surface area contributed by atoms with E-state index in [1.807, 2.05) is 24.3 Å². The number of hydrogen-bond acceptors (Lipinski definition) is 3. The molecule has 2 aromatic rings.